The molecule has 1 aliphatic heterocycles. The van der Waals surface area contributed by atoms with Gasteiger partial charge in [-0.1, -0.05) is 13.0 Å². The van der Waals surface area contributed by atoms with Crippen molar-refractivity contribution in [3.63, 3.8) is 0 Å². The molecule has 1 aromatic carbocycles. The van der Waals surface area contributed by atoms with Crippen molar-refractivity contribution in [2.75, 3.05) is 6.54 Å². The number of amides is 2. The second-order valence-corrected chi connectivity index (χ2v) is 7.55. The maximum absolute atomic E-state index is 12.6. The first-order chi connectivity index (χ1) is 14.3. The normalized spacial score (nSPS) is 16.2. The minimum absolute atomic E-state index is 0.0627. The summed E-state index contributed by atoms with van der Waals surface area (Å²) in [5.41, 5.74) is 1.03. The molecule has 0 saturated carbocycles. The predicted molar refractivity (Wildman–Crippen MR) is 111 cm³/mol. The summed E-state index contributed by atoms with van der Waals surface area (Å²) in [5.74, 6) is -1.23. The smallest absolute Gasteiger partial charge is 0.326 e. The Morgan fingerprint density at radius 2 is 2.07 bits per heavy atom. The highest BCUT2D eigenvalue weighted by Crippen LogP contribution is 2.32. The third kappa shape index (κ3) is 4.60. The average Bonchev–Trinajstić information content (AvgIpc) is 3.28. The molecule has 1 aliphatic rings. The first kappa shape index (κ1) is 21.3. The van der Waals surface area contributed by atoms with Gasteiger partial charge in [-0.05, 0) is 49.4 Å². The van der Waals surface area contributed by atoms with Crippen molar-refractivity contribution in [1.29, 1.82) is 0 Å². The van der Waals surface area contributed by atoms with Crippen LogP contribution in [0.1, 0.15) is 26.0 Å². The van der Waals surface area contributed by atoms with Crippen LogP contribution in [0.2, 0.25) is 0 Å². The number of ether oxygens (including phenoxy) is 1. The van der Waals surface area contributed by atoms with E-state index in [4.69, 9.17) is 4.74 Å². The van der Waals surface area contributed by atoms with E-state index in [0.717, 1.165) is 16.7 Å². The van der Waals surface area contributed by atoms with E-state index < -0.39 is 28.6 Å². The van der Waals surface area contributed by atoms with Crippen LogP contribution < -0.4 is 0 Å². The number of imide groups is 1. The lowest BCUT2D eigenvalue weighted by molar-refractivity contribution is -0.384. The van der Waals surface area contributed by atoms with Gasteiger partial charge in [-0.2, -0.15) is 0 Å². The number of esters is 1. The third-order valence-electron chi connectivity index (χ3n) is 4.45. The van der Waals surface area contributed by atoms with E-state index in [1.54, 1.807) is 42.0 Å². The third-order valence-corrected chi connectivity index (χ3v) is 5.35. The molecule has 1 atom stereocenters. The Kier molecular flexibility index (Phi) is 6.36. The highest BCUT2D eigenvalue weighted by Gasteiger charge is 2.37. The first-order valence-electron chi connectivity index (χ1n) is 9.17. The van der Waals surface area contributed by atoms with Crippen LogP contribution in [0.15, 0.2) is 47.5 Å². The molecule has 1 aromatic heterocycles. The summed E-state index contributed by atoms with van der Waals surface area (Å²) in [5, 5.41) is 10.5. The van der Waals surface area contributed by atoms with Gasteiger partial charge in [-0.3, -0.25) is 29.4 Å². The highest BCUT2D eigenvalue weighted by molar-refractivity contribution is 8.18. The van der Waals surface area contributed by atoms with Crippen molar-refractivity contribution in [3.05, 3.63) is 63.3 Å². The number of benzene rings is 1. The molecule has 2 heterocycles. The van der Waals surface area contributed by atoms with Gasteiger partial charge in [0.15, 0.2) is 0 Å². The Labute approximate surface area is 176 Å². The van der Waals surface area contributed by atoms with Crippen molar-refractivity contribution in [2.45, 2.75) is 26.4 Å². The molecule has 0 N–H and O–H groups in total. The first-order valence-corrected chi connectivity index (χ1v) is 9.98. The second-order valence-electron chi connectivity index (χ2n) is 6.56. The fourth-order valence-corrected chi connectivity index (χ4v) is 3.57. The van der Waals surface area contributed by atoms with Crippen LogP contribution in [0.4, 0.5) is 10.5 Å². The lowest BCUT2D eigenvalue weighted by Gasteiger charge is -2.14. The number of rotatable bonds is 7. The molecule has 0 radical (unpaired) electrons. The summed E-state index contributed by atoms with van der Waals surface area (Å²) in [6, 6.07) is 9.49. The van der Waals surface area contributed by atoms with Crippen LogP contribution in [0.5, 0.6) is 0 Å². The Morgan fingerprint density at radius 3 is 2.77 bits per heavy atom. The number of carbonyl (C=O) groups is 3. The van der Waals surface area contributed by atoms with Crippen LogP contribution in [0.25, 0.3) is 11.8 Å². The minimum Gasteiger partial charge on any atom is -0.461 e. The molecule has 0 unspecified atom stereocenters. The van der Waals surface area contributed by atoms with Crippen molar-refractivity contribution in [1.82, 2.24) is 9.47 Å². The van der Waals surface area contributed by atoms with Gasteiger partial charge in [-0.25, -0.2) is 0 Å². The summed E-state index contributed by atoms with van der Waals surface area (Å²) in [6.45, 7) is 3.14. The number of nitrogens with zero attached hydrogens (tertiary/aromatic N) is 3. The lowest BCUT2D eigenvalue weighted by Crippen LogP contribution is -2.35. The lowest BCUT2D eigenvalue weighted by atomic mass is 10.2. The van der Waals surface area contributed by atoms with E-state index in [2.05, 4.69) is 0 Å². The molecule has 10 heteroatoms. The molecule has 9 nitrogen and oxygen atoms in total. The second kappa shape index (κ2) is 8.95. The van der Waals surface area contributed by atoms with Crippen molar-refractivity contribution in [3.8, 4) is 5.69 Å². The molecule has 2 amide bonds. The number of hydrogen-bond donors (Lipinski definition) is 0. The van der Waals surface area contributed by atoms with E-state index in [0.29, 0.717) is 17.8 Å². The van der Waals surface area contributed by atoms with Crippen LogP contribution in [-0.2, 0) is 14.3 Å². The zero-order valence-electron chi connectivity index (χ0n) is 16.3. The zero-order chi connectivity index (χ0) is 21.8. The van der Waals surface area contributed by atoms with Gasteiger partial charge >= 0.3 is 5.97 Å². The molecule has 3 rings (SSSR count). The van der Waals surface area contributed by atoms with Crippen LogP contribution >= 0.6 is 11.8 Å². The maximum atomic E-state index is 12.6. The fraction of sp³-hybridized carbons (Fsp3) is 0.250. The highest BCUT2D eigenvalue weighted by atomic mass is 32.2. The Morgan fingerprint density at radius 1 is 1.30 bits per heavy atom. The van der Waals surface area contributed by atoms with Gasteiger partial charge in [0.25, 0.3) is 16.8 Å². The van der Waals surface area contributed by atoms with Gasteiger partial charge in [0.05, 0.1) is 21.6 Å². The van der Waals surface area contributed by atoms with Crippen LogP contribution in [0.3, 0.4) is 0 Å². The molecule has 1 saturated heterocycles. The molecule has 0 spiro atoms. The van der Waals surface area contributed by atoms with Gasteiger partial charge in [0, 0.05) is 24.0 Å². The molecule has 1 fully saturated rings. The molecule has 2 aromatic rings. The minimum atomic E-state index is -0.645. The van der Waals surface area contributed by atoms with E-state index in [1.165, 1.54) is 18.2 Å². The summed E-state index contributed by atoms with van der Waals surface area (Å²) < 4.78 is 6.80. The molecular formula is C20H19N3O6S. The van der Waals surface area contributed by atoms with E-state index >= 15 is 0 Å². The molecular weight excluding hydrogens is 410 g/mol. The van der Waals surface area contributed by atoms with Gasteiger partial charge in [0.1, 0.15) is 6.54 Å². The van der Waals surface area contributed by atoms with Gasteiger partial charge < -0.3 is 9.30 Å². The van der Waals surface area contributed by atoms with Crippen molar-refractivity contribution in [2.24, 2.45) is 0 Å². The quantitative estimate of drug-likeness (QED) is 0.285. The fourth-order valence-electron chi connectivity index (χ4n) is 2.75. The SMILES string of the molecule is CC[C@H](C)OC(=O)CN1C(=O)S/C(=C\c2cccn2-c2cccc([N+](=O)[O-])c2)C1=O. The Balaban J connectivity index is 1.82. The maximum Gasteiger partial charge on any atom is 0.326 e. The number of nitro benzene ring substituents is 1. The average molecular weight is 429 g/mol. The van der Waals surface area contributed by atoms with Gasteiger partial charge in [-0.15, -0.1) is 0 Å². The van der Waals surface area contributed by atoms with Crippen molar-refractivity contribution >= 4 is 40.6 Å². The monoisotopic (exact) mass is 429 g/mol. The largest absolute Gasteiger partial charge is 0.461 e. The summed E-state index contributed by atoms with van der Waals surface area (Å²) in [4.78, 5) is 48.4. The molecule has 30 heavy (non-hydrogen) atoms. The number of carbonyl (C=O) groups excluding carboxylic acids is 3. The van der Waals surface area contributed by atoms with Crippen molar-refractivity contribution < 1.29 is 24.0 Å². The van der Waals surface area contributed by atoms with Gasteiger partial charge in [0.2, 0.25) is 0 Å². The summed E-state index contributed by atoms with van der Waals surface area (Å²) in [6.07, 6.45) is 3.54. The van der Waals surface area contributed by atoms with Crippen LogP contribution in [-0.4, -0.2) is 44.2 Å². The zero-order valence-corrected chi connectivity index (χ0v) is 17.1. The predicted octanol–water partition coefficient (Wildman–Crippen LogP) is 3.76. The van der Waals surface area contributed by atoms with E-state index in [-0.39, 0.29) is 16.7 Å². The van der Waals surface area contributed by atoms with E-state index in [9.17, 15) is 24.5 Å². The number of nitro groups is 1. The number of non-ortho nitro benzene ring substituents is 1. The number of hydrogen-bond acceptors (Lipinski definition) is 7. The van der Waals surface area contributed by atoms with Crippen LogP contribution in [0, 0.1) is 10.1 Å². The molecule has 0 bridgehead atoms. The standard InChI is InChI=1S/C20H19N3O6S/c1-3-13(2)29-18(24)12-22-19(25)17(30-20(22)26)11-15-8-5-9-21(15)14-6-4-7-16(10-14)23(27)28/h4-11,13H,3,12H2,1-2H3/b17-11-/t13-/m0/s1. The molecule has 156 valence electrons. The summed E-state index contributed by atoms with van der Waals surface area (Å²) in [7, 11) is 0. The Hall–Kier alpha value is -3.40. The summed E-state index contributed by atoms with van der Waals surface area (Å²) >= 11 is 0.728. The molecule has 0 aliphatic carbocycles. The number of aromatic nitrogens is 1. The topological polar surface area (TPSA) is 112 Å². The van der Waals surface area contributed by atoms with E-state index in [1.807, 2.05) is 6.92 Å². The Bertz CT molecular complexity index is 1040. The number of thioether (sulfide) groups is 1.